The number of methoxy groups -OCH3 is 1. The molecule has 1 aromatic heterocycles. The standard InChI is InChI=1S/C23H24N6O4/c1-4-33-21(31)18(19(30)14-8-6-5-7-9-14)20(24)28-22(25)29-23-26-13(2)16-12-15(32-3)10-11-17(16)27-23/h5-12,30H,4H2,1-3H3,(H4,24,25,26,27,28,29)/b19-18-. The Morgan fingerprint density at radius 1 is 1.12 bits per heavy atom. The number of nitrogens with two attached hydrogens (primary N) is 2. The number of fused-ring (bicyclic) bond motifs is 1. The molecule has 10 nitrogen and oxygen atoms in total. The summed E-state index contributed by atoms with van der Waals surface area (Å²) >= 11 is 0. The number of aliphatic hydroxyl groups excluding tert-OH is 1. The summed E-state index contributed by atoms with van der Waals surface area (Å²) in [6.45, 7) is 3.51. The van der Waals surface area contributed by atoms with Gasteiger partial charge in [0, 0.05) is 10.9 Å². The maximum Gasteiger partial charge on any atom is 0.345 e. The monoisotopic (exact) mass is 448 g/mol. The van der Waals surface area contributed by atoms with Crippen molar-refractivity contribution < 1.29 is 19.4 Å². The Morgan fingerprint density at radius 3 is 2.52 bits per heavy atom. The Labute approximate surface area is 190 Å². The molecule has 0 bridgehead atoms. The number of rotatable bonds is 6. The molecular weight excluding hydrogens is 424 g/mol. The molecule has 5 N–H and O–H groups in total. The van der Waals surface area contributed by atoms with Crippen LogP contribution in [0.3, 0.4) is 0 Å². The molecule has 0 atom stereocenters. The van der Waals surface area contributed by atoms with E-state index in [1.165, 1.54) is 0 Å². The smallest absolute Gasteiger partial charge is 0.345 e. The molecule has 3 rings (SSSR count). The molecule has 0 saturated heterocycles. The van der Waals surface area contributed by atoms with E-state index in [0.717, 1.165) is 5.39 Å². The number of aliphatic hydroxyl groups is 1. The van der Waals surface area contributed by atoms with Gasteiger partial charge in [-0.15, -0.1) is 0 Å². The first-order chi connectivity index (χ1) is 15.8. The number of hydrogen-bond donors (Lipinski definition) is 3. The van der Waals surface area contributed by atoms with E-state index in [9.17, 15) is 9.90 Å². The van der Waals surface area contributed by atoms with E-state index in [-0.39, 0.29) is 29.9 Å². The van der Waals surface area contributed by atoms with Crippen LogP contribution in [0.25, 0.3) is 16.7 Å². The van der Waals surface area contributed by atoms with Crippen molar-refractivity contribution in [1.82, 2.24) is 9.97 Å². The number of carbonyl (C=O) groups is 1. The van der Waals surface area contributed by atoms with E-state index < -0.39 is 11.7 Å². The second kappa shape index (κ2) is 10.2. The highest BCUT2D eigenvalue weighted by atomic mass is 16.5. The van der Waals surface area contributed by atoms with Crippen LogP contribution in [0.1, 0.15) is 18.2 Å². The van der Waals surface area contributed by atoms with Gasteiger partial charge in [-0.1, -0.05) is 30.3 Å². The van der Waals surface area contributed by atoms with Crippen LogP contribution in [-0.2, 0) is 9.53 Å². The summed E-state index contributed by atoms with van der Waals surface area (Å²) in [5.41, 5.74) is 13.3. The molecule has 10 heteroatoms. The SMILES string of the molecule is CCOC(=O)C(/C(N)=N/C(N)=N/c1nc(C)c2cc(OC)ccc2n1)=C(\O)c1ccccc1. The van der Waals surface area contributed by atoms with Crippen LogP contribution < -0.4 is 16.2 Å². The average molecular weight is 448 g/mol. The Morgan fingerprint density at radius 2 is 1.85 bits per heavy atom. The molecule has 0 fully saturated rings. The van der Waals surface area contributed by atoms with Gasteiger partial charge >= 0.3 is 5.97 Å². The van der Waals surface area contributed by atoms with Crippen molar-refractivity contribution in [3.8, 4) is 5.75 Å². The van der Waals surface area contributed by atoms with Crippen molar-refractivity contribution in [1.29, 1.82) is 0 Å². The normalized spacial score (nSPS) is 12.9. The highest BCUT2D eigenvalue weighted by molar-refractivity contribution is 6.24. The molecule has 0 spiro atoms. The van der Waals surface area contributed by atoms with Gasteiger partial charge in [-0.05, 0) is 32.0 Å². The lowest BCUT2D eigenvalue weighted by Crippen LogP contribution is -2.27. The van der Waals surface area contributed by atoms with Gasteiger partial charge in [0.05, 0.1) is 24.9 Å². The number of esters is 1. The molecule has 33 heavy (non-hydrogen) atoms. The summed E-state index contributed by atoms with van der Waals surface area (Å²) in [7, 11) is 1.58. The van der Waals surface area contributed by atoms with Crippen molar-refractivity contribution in [2.45, 2.75) is 13.8 Å². The number of aryl methyl sites for hydroxylation is 1. The minimum Gasteiger partial charge on any atom is -0.506 e. The van der Waals surface area contributed by atoms with Gasteiger partial charge in [-0.3, -0.25) is 0 Å². The Kier molecular flexibility index (Phi) is 7.19. The predicted octanol–water partition coefficient (Wildman–Crippen LogP) is 2.78. The van der Waals surface area contributed by atoms with Crippen molar-refractivity contribution >= 4 is 40.4 Å². The van der Waals surface area contributed by atoms with Crippen LogP contribution in [0.2, 0.25) is 0 Å². The number of guanidine groups is 1. The van der Waals surface area contributed by atoms with Crippen molar-refractivity contribution in [3.05, 3.63) is 65.4 Å². The van der Waals surface area contributed by atoms with Gasteiger partial charge in [-0.25, -0.2) is 14.8 Å². The van der Waals surface area contributed by atoms with Gasteiger partial charge in [-0.2, -0.15) is 9.98 Å². The summed E-state index contributed by atoms with van der Waals surface area (Å²) < 4.78 is 10.2. The van der Waals surface area contributed by atoms with Crippen LogP contribution in [0.4, 0.5) is 5.95 Å². The van der Waals surface area contributed by atoms with Crippen LogP contribution in [0, 0.1) is 6.92 Å². The lowest BCUT2D eigenvalue weighted by molar-refractivity contribution is -0.137. The first-order valence-electron chi connectivity index (χ1n) is 10.0. The highest BCUT2D eigenvalue weighted by Crippen LogP contribution is 2.23. The van der Waals surface area contributed by atoms with E-state index in [1.807, 2.05) is 6.07 Å². The first kappa shape index (κ1) is 23.2. The molecule has 0 unspecified atom stereocenters. The summed E-state index contributed by atoms with van der Waals surface area (Å²) in [5, 5.41) is 11.5. The minimum atomic E-state index is -0.848. The average Bonchev–Trinajstić information content (AvgIpc) is 2.79. The van der Waals surface area contributed by atoms with Crippen molar-refractivity contribution in [2.24, 2.45) is 21.5 Å². The zero-order valence-corrected chi connectivity index (χ0v) is 18.4. The Hall–Kier alpha value is -4.47. The Bertz CT molecular complexity index is 1270. The molecule has 0 aliphatic rings. The van der Waals surface area contributed by atoms with Gasteiger partial charge in [0.15, 0.2) is 0 Å². The zero-order valence-electron chi connectivity index (χ0n) is 18.4. The fourth-order valence-electron chi connectivity index (χ4n) is 3.00. The topological polar surface area (TPSA) is 158 Å². The van der Waals surface area contributed by atoms with Crippen LogP contribution in [0.5, 0.6) is 5.75 Å². The molecule has 1 heterocycles. The summed E-state index contributed by atoms with van der Waals surface area (Å²) in [5.74, 6) is -1.16. The third-order valence-electron chi connectivity index (χ3n) is 4.55. The lowest BCUT2D eigenvalue weighted by atomic mass is 10.1. The first-order valence-corrected chi connectivity index (χ1v) is 10.0. The van der Waals surface area contributed by atoms with E-state index in [1.54, 1.807) is 63.4 Å². The van der Waals surface area contributed by atoms with Gasteiger partial charge in [0.2, 0.25) is 5.96 Å². The number of carbonyl (C=O) groups excluding carboxylic acids is 1. The minimum absolute atomic E-state index is 0.0631. The lowest BCUT2D eigenvalue weighted by Gasteiger charge is -2.10. The molecule has 0 amide bonds. The summed E-state index contributed by atoms with van der Waals surface area (Å²) in [6.07, 6.45) is 0. The van der Waals surface area contributed by atoms with Gasteiger partial charge in [0.1, 0.15) is 22.9 Å². The number of benzene rings is 2. The quantitative estimate of drug-likeness (QED) is 0.171. The van der Waals surface area contributed by atoms with Gasteiger partial charge in [0.25, 0.3) is 5.95 Å². The highest BCUT2D eigenvalue weighted by Gasteiger charge is 2.22. The number of aromatic nitrogens is 2. The zero-order chi connectivity index (χ0) is 24.0. The van der Waals surface area contributed by atoms with Crippen molar-refractivity contribution in [3.63, 3.8) is 0 Å². The molecule has 0 radical (unpaired) electrons. The van der Waals surface area contributed by atoms with Crippen LogP contribution in [-0.4, -0.2) is 46.6 Å². The third-order valence-corrected chi connectivity index (χ3v) is 4.55. The van der Waals surface area contributed by atoms with Crippen LogP contribution in [0.15, 0.2) is 64.1 Å². The second-order valence-corrected chi connectivity index (χ2v) is 6.77. The number of ether oxygens (including phenoxy) is 2. The van der Waals surface area contributed by atoms with E-state index in [2.05, 4.69) is 20.0 Å². The van der Waals surface area contributed by atoms with E-state index in [4.69, 9.17) is 20.9 Å². The molecular formula is C23H24N6O4. The molecule has 170 valence electrons. The maximum absolute atomic E-state index is 12.5. The predicted molar refractivity (Wildman–Crippen MR) is 126 cm³/mol. The number of nitrogens with zero attached hydrogens (tertiary/aromatic N) is 4. The number of hydrogen-bond acceptors (Lipinski definition) is 7. The maximum atomic E-state index is 12.5. The molecule has 0 saturated carbocycles. The fourth-order valence-corrected chi connectivity index (χ4v) is 3.00. The van der Waals surface area contributed by atoms with E-state index >= 15 is 0 Å². The van der Waals surface area contributed by atoms with Crippen LogP contribution >= 0.6 is 0 Å². The third kappa shape index (κ3) is 5.42. The van der Waals surface area contributed by atoms with Gasteiger partial charge < -0.3 is 26.0 Å². The molecule has 2 aromatic carbocycles. The van der Waals surface area contributed by atoms with Crippen molar-refractivity contribution in [2.75, 3.05) is 13.7 Å². The largest absolute Gasteiger partial charge is 0.506 e. The molecule has 3 aromatic rings. The number of amidine groups is 1. The summed E-state index contributed by atoms with van der Waals surface area (Å²) in [6, 6.07) is 13.8. The van der Waals surface area contributed by atoms with E-state index in [0.29, 0.717) is 22.5 Å². The molecule has 0 aliphatic heterocycles. The second-order valence-electron chi connectivity index (χ2n) is 6.77. The molecule has 0 aliphatic carbocycles. The Balaban J connectivity index is 2.01. The number of aliphatic imine (C=N–C) groups is 2. The summed E-state index contributed by atoms with van der Waals surface area (Å²) in [4.78, 5) is 29.2. The fraction of sp³-hybridized carbons (Fsp3) is 0.174.